The Balaban J connectivity index is 2.15. The number of nitrogens with one attached hydrogen (secondary N) is 1. The fraction of sp³-hybridized carbons (Fsp3) is 0.769. The Labute approximate surface area is 104 Å². The molecule has 98 valence electrons. The normalized spacial score (nSPS) is 12.9. The number of aliphatic hydroxyl groups is 1. The lowest BCUT2D eigenvalue weighted by atomic mass is 10.0. The lowest BCUT2D eigenvalue weighted by molar-refractivity contribution is 0.248. The highest BCUT2D eigenvalue weighted by molar-refractivity contribution is 5.00. The van der Waals surface area contributed by atoms with Gasteiger partial charge in [-0.3, -0.25) is 4.68 Å². The summed E-state index contributed by atoms with van der Waals surface area (Å²) in [6.07, 6.45) is 6.13. The van der Waals surface area contributed by atoms with Gasteiger partial charge >= 0.3 is 0 Å². The third-order valence-electron chi connectivity index (χ3n) is 3.15. The molecular formula is C13H25N3O. The van der Waals surface area contributed by atoms with Gasteiger partial charge in [0.2, 0.25) is 0 Å². The lowest BCUT2D eigenvalue weighted by Gasteiger charge is -2.15. The van der Waals surface area contributed by atoms with Crippen LogP contribution < -0.4 is 5.32 Å². The Hall–Kier alpha value is -0.870. The molecule has 0 radical (unpaired) electrons. The van der Waals surface area contributed by atoms with Crippen LogP contribution in [0.3, 0.4) is 0 Å². The van der Waals surface area contributed by atoms with Crippen LogP contribution in [0.25, 0.3) is 0 Å². The van der Waals surface area contributed by atoms with E-state index in [2.05, 4.69) is 23.4 Å². The number of rotatable bonds is 9. The van der Waals surface area contributed by atoms with E-state index in [-0.39, 0.29) is 0 Å². The highest BCUT2D eigenvalue weighted by Crippen LogP contribution is 2.09. The maximum atomic E-state index is 8.97. The minimum Gasteiger partial charge on any atom is -0.396 e. The molecule has 0 saturated carbocycles. The zero-order valence-corrected chi connectivity index (χ0v) is 11.0. The second-order valence-corrected chi connectivity index (χ2v) is 4.57. The summed E-state index contributed by atoms with van der Waals surface area (Å²) >= 11 is 0. The van der Waals surface area contributed by atoms with E-state index in [4.69, 9.17) is 5.11 Å². The molecule has 17 heavy (non-hydrogen) atoms. The molecule has 0 saturated heterocycles. The molecule has 1 aromatic rings. The molecule has 1 rings (SSSR count). The van der Waals surface area contributed by atoms with E-state index in [0.717, 1.165) is 25.9 Å². The Morgan fingerprint density at radius 3 is 2.88 bits per heavy atom. The van der Waals surface area contributed by atoms with Crippen molar-refractivity contribution < 1.29 is 5.11 Å². The predicted molar refractivity (Wildman–Crippen MR) is 69.9 cm³/mol. The van der Waals surface area contributed by atoms with Crippen LogP contribution in [0.1, 0.15) is 31.9 Å². The molecule has 0 spiro atoms. The molecule has 1 unspecified atom stereocenters. The molecule has 0 aliphatic carbocycles. The standard InChI is InChI=1S/C13H25N3O/c1-3-4-12(7-10-17)11-14-8-5-13-6-9-15-16(13)2/h6,9,12,14,17H,3-5,7-8,10-11H2,1-2H3. The Bertz CT molecular complexity index is 293. The van der Waals surface area contributed by atoms with Gasteiger partial charge in [-0.05, 0) is 31.4 Å². The van der Waals surface area contributed by atoms with E-state index >= 15 is 0 Å². The highest BCUT2D eigenvalue weighted by atomic mass is 16.3. The zero-order valence-electron chi connectivity index (χ0n) is 11.0. The third-order valence-corrected chi connectivity index (χ3v) is 3.15. The number of aliphatic hydroxyl groups excluding tert-OH is 1. The number of hydrogen-bond donors (Lipinski definition) is 2. The van der Waals surface area contributed by atoms with Crippen LogP contribution in [-0.2, 0) is 13.5 Å². The Kier molecular flexibility index (Phi) is 6.89. The Morgan fingerprint density at radius 2 is 2.29 bits per heavy atom. The quantitative estimate of drug-likeness (QED) is 0.640. The van der Waals surface area contributed by atoms with Gasteiger partial charge in [-0.1, -0.05) is 13.3 Å². The summed E-state index contributed by atoms with van der Waals surface area (Å²) in [6.45, 7) is 4.48. The van der Waals surface area contributed by atoms with Crippen LogP contribution in [0.2, 0.25) is 0 Å². The first kappa shape index (κ1) is 14.2. The summed E-state index contributed by atoms with van der Waals surface area (Å²) in [5.41, 5.74) is 1.26. The molecule has 1 atom stereocenters. The first-order valence-corrected chi connectivity index (χ1v) is 6.56. The summed E-state index contributed by atoms with van der Waals surface area (Å²) in [7, 11) is 1.97. The van der Waals surface area contributed by atoms with Crippen molar-refractivity contribution in [3.05, 3.63) is 18.0 Å². The molecule has 0 aliphatic heterocycles. The van der Waals surface area contributed by atoms with Gasteiger partial charge in [-0.25, -0.2) is 0 Å². The van der Waals surface area contributed by atoms with Crippen LogP contribution in [0, 0.1) is 5.92 Å². The van der Waals surface area contributed by atoms with Gasteiger partial charge in [0, 0.05) is 38.5 Å². The second kappa shape index (κ2) is 8.25. The highest BCUT2D eigenvalue weighted by Gasteiger charge is 2.06. The second-order valence-electron chi connectivity index (χ2n) is 4.57. The summed E-state index contributed by atoms with van der Waals surface area (Å²) < 4.78 is 1.92. The topological polar surface area (TPSA) is 50.1 Å². The molecule has 2 N–H and O–H groups in total. The van der Waals surface area contributed by atoms with Gasteiger partial charge in [-0.15, -0.1) is 0 Å². The van der Waals surface area contributed by atoms with Crippen LogP contribution in [0.4, 0.5) is 0 Å². The molecule has 0 amide bonds. The third kappa shape index (κ3) is 5.33. The monoisotopic (exact) mass is 239 g/mol. The maximum absolute atomic E-state index is 8.97. The summed E-state index contributed by atoms with van der Waals surface area (Å²) in [4.78, 5) is 0. The fourth-order valence-corrected chi connectivity index (χ4v) is 2.11. The molecule has 0 aliphatic rings. The molecule has 4 heteroatoms. The van der Waals surface area contributed by atoms with Gasteiger partial charge in [-0.2, -0.15) is 5.10 Å². The molecule has 1 aromatic heterocycles. The SMILES string of the molecule is CCCC(CCO)CNCCc1ccnn1C. The van der Waals surface area contributed by atoms with Crippen molar-refractivity contribution in [2.75, 3.05) is 19.7 Å². The van der Waals surface area contributed by atoms with E-state index < -0.39 is 0 Å². The van der Waals surface area contributed by atoms with Gasteiger partial charge in [0.05, 0.1) is 0 Å². The van der Waals surface area contributed by atoms with E-state index in [1.165, 1.54) is 18.5 Å². The van der Waals surface area contributed by atoms with E-state index in [9.17, 15) is 0 Å². The number of hydrogen-bond acceptors (Lipinski definition) is 3. The van der Waals surface area contributed by atoms with Gasteiger partial charge in [0.15, 0.2) is 0 Å². The predicted octanol–water partition coefficient (Wildman–Crippen LogP) is 1.35. The van der Waals surface area contributed by atoms with Crippen LogP contribution >= 0.6 is 0 Å². The fourth-order valence-electron chi connectivity index (χ4n) is 2.11. The maximum Gasteiger partial charge on any atom is 0.0492 e. The molecule has 0 fully saturated rings. The van der Waals surface area contributed by atoms with Crippen molar-refractivity contribution in [1.82, 2.24) is 15.1 Å². The minimum atomic E-state index is 0.300. The average molecular weight is 239 g/mol. The zero-order chi connectivity index (χ0) is 12.5. The van der Waals surface area contributed by atoms with Crippen molar-refractivity contribution in [1.29, 1.82) is 0 Å². The number of nitrogens with zero attached hydrogens (tertiary/aromatic N) is 2. The van der Waals surface area contributed by atoms with Gasteiger partial charge in [0.25, 0.3) is 0 Å². The van der Waals surface area contributed by atoms with Crippen LogP contribution in [0.5, 0.6) is 0 Å². The van der Waals surface area contributed by atoms with Crippen molar-refractivity contribution >= 4 is 0 Å². The van der Waals surface area contributed by atoms with Crippen LogP contribution in [-0.4, -0.2) is 34.6 Å². The molecular weight excluding hydrogens is 214 g/mol. The summed E-state index contributed by atoms with van der Waals surface area (Å²) in [5.74, 6) is 0.608. The number of aromatic nitrogens is 2. The smallest absolute Gasteiger partial charge is 0.0492 e. The van der Waals surface area contributed by atoms with E-state index in [1.807, 2.05) is 17.9 Å². The molecule has 0 bridgehead atoms. The number of aryl methyl sites for hydroxylation is 1. The molecule has 1 heterocycles. The van der Waals surface area contributed by atoms with Gasteiger partial charge in [0.1, 0.15) is 0 Å². The van der Waals surface area contributed by atoms with Crippen molar-refractivity contribution in [3.63, 3.8) is 0 Å². The first-order chi connectivity index (χ1) is 8.27. The Morgan fingerprint density at radius 1 is 1.47 bits per heavy atom. The van der Waals surface area contributed by atoms with Crippen molar-refractivity contribution in [2.24, 2.45) is 13.0 Å². The van der Waals surface area contributed by atoms with Crippen LogP contribution in [0.15, 0.2) is 12.3 Å². The minimum absolute atomic E-state index is 0.300. The van der Waals surface area contributed by atoms with E-state index in [1.54, 1.807) is 0 Å². The summed E-state index contributed by atoms with van der Waals surface area (Å²) in [5, 5.41) is 16.6. The lowest BCUT2D eigenvalue weighted by Crippen LogP contribution is -2.26. The summed E-state index contributed by atoms with van der Waals surface area (Å²) in [6, 6.07) is 2.05. The van der Waals surface area contributed by atoms with Crippen molar-refractivity contribution in [2.45, 2.75) is 32.6 Å². The largest absolute Gasteiger partial charge is 0.396 e. The molecule has 0 aromatic carbocycles. The van der Waals surface area contributed by atoms with Crippen molar-refractivity contribution in [3.8, 4) is 0 Å². The first-order valence-electron chi connectivity index (χ1n) is 6.56. The average Bonchev–Trinajstić information content (AvgIpc) is 2.71. The van der Waals surface area contributed by atoms with E-state index in [0.29, 0.717) is 12.5 Å². The molecule has 4 nitrogen and oxygen atoms in total. The van der Waals surface area contributed by atoms with Gasteiger partial charge < -0.3 is 10.4 Å².